The van der Waals surface area contributed by atoms with Crippen LogP contribution in [0.2, 0.25) is 0 Å². The summed E-state index contributed by atoms with van der Waals surface area (Å²) in [6.07, 6.45) is 3.01. The molecule has 7 heteroatoms. The fraction of sp³-hybridized carbons (Fsp3) is 0.750. The van der Waals surface area contributed by atoms with Crippen LogP contribution < -0.4 is 4.72 Å². The van der Waals surface area contributed by atoms with Crippen LogP contribution in [0.4, 0.5) is 0 Å². The molecule has 0 saturated heterocycles. The summed E-state index contributed by atoms with van der Waals surface area (Å²) in [5.74, 6) is 0.678. The Hall–Kier alpha value is -0.400. The predicted octanol–water partition coefficient (Wildman–Crippen LogP) is 2.77. The van der Waals surface area contributed by atoms with Crippen molar-refractivity contribution in [1.82, 2.24) is 9.88 Å². The van der Waals surface area contributed by atoms with Gasteiger partial charge in [-0.05, 0) is 32.6 Å². The van der Waals surface area contributed by atoms with Crippen molar-refractivity contribution in [2.75, 3.05) is 11.9 Å². The Kier molecular flexibility index (Phi) is 6.49. The Bertz CT molecular complexity index is 474. The molecule has 0 aliphatic rings. The van der Waals surface area contributed by atoms with Crippen molar-refractivity contribution in [3.63, 3.8) is 0 Å². The fourth-order valence-corrected chi connectivity index (χ4v) is 4.16. The highest BCUT2D eigenvalue weighted by atomic mass is 79.9. The quantitative estimate of drug-likeness (QED) is 0.730. The molecule has 1 unspecified atom stereocenters. The lowest BCUT2D eigenvalue weighted by Gasteiger charge is -2.15. The number of aromatic nitrogens is 1. The molecule has 0 saturated carbocycles. The fourth-order valence-electron chi connectivity index (χ4n) is 2.07. The van der Waals surface area contributed by atoms with E-state index >= 15 is 0 Å². The average molecular weight is 353 g/mol. The van der Waals surface area contributed by atoms with Crippen LogP contribution in [0.5, 0.6) is 0 Å². The van der Waals surface area contributed by atoms with Crippen molar-refractivity contribution in [2.45, 2.75) is 44.9 Å². The second kappa shape index (κ2) is 7.40. The first kappa shape index (κ1) is 16.7. The molecule has 19 heavy (non-hydrogen) atoms. The Balaban J connectivity index is 2.75. The maximum absolute atomic E-state index is 12.2. The van der Waals surface area contributed by atoms with Gasteiger partial charge in [0.25, 0.3) is 0 Å². The van der Waals surface area contributed by atoms with Crippen molar-refractivity contribution in [1.29, 1.82) is 0 Å². The standard InChI is InChI=1S/C12H21BrN2O3S/c1-4-5-11(6-7-13)8-14-19(16,17)12-9(2)15-18-10(12)3/h11,14H,4-8H2,1-3H3. The molecular formula is C12H21BrN2O3S. The third-order valence-electron chi connectivity index (χ3n) is 3.01. The van der Waals surface area contributed by atoms with Gasteiger partial charge in [-0.2, -0.15) is 0 Å². The molecular weight excluding hydrogens is 332 g/mol. The van der Waals surface area contributed by atoms with Crippen molar-refractivity contribution in [2.24, 2.45) is 5.92 Å². The number of hydrogen-bond donors (Lipinski definition) is 1. The summed E-state index contributed by atoms with van der Waals surface area (Å²) in [4.78, 5) is 0.168. The molecule has 1 atom stereocenters. The highest BCUT2D eigenvalue weighted by Gasteiger charge is 2.24. The molecule has 0 aliphatic heterocycles. The molecule has 0 radical (unpaired) electrons. The Morgan fingerprint density at radius 1 is 1.37 bits per heavy atom. The number of nitrogens with one attached hydrogen (secondary N) is 1. The molecule has 1 aromatic heterocycles. The lowest BCUT2D eigenvalue weighted by Crippen LogP contribution is -2.30. The Labute approximate surface area is 123 Å². The molecule has 0 aromatic carbocycles. The van der Waals surface area contributed by atoms with E-state index in [4.69, 9.17) is 4.52 Å². The average Bonchev–Trinajstić information content (AvgIpc) is 2.67. The third kappa shape index (κ3) is 4.57. The minimum absolute atomic E-state index is 0.168. The SMILES string of the molecule is CCCC(CCBr)CNS(=O)(=O)c1c(C)noc1C. The van der Waals surface area contributed by atoms with Crippen molar-refractivity contribution in [3.05, 3.63) is 11.5 Å². The van der Waals surface area contributed by atoms with Gasteiger partial charge in [-0.1, -0.05) is 34.4 Å². The number of hydrogen-bond acceptors (Lipinski definition) is 4. The monoisotopic (exact) mass is 352 g/mol. The zero-order valence-electron chi connectivity index (χ0n) is 11.6. The highest BCUT2D eigenvalue weighted by Crippen LogP contribution is 2.19. The number of halogens is 1. The molecule has 0 bridgehead atoms. The largest absolute Gasteiger partial charge is 0.360 e. The van der Waals surface area contributed by atoms with E-state index in [1.54, 1.807) is 13.8 Å². The first-order chi connectivity index (χ1) is 8.92. The lowest BCUT2D eigenvalue weighted by atomic mass is 10.0. The first-order valence-corrected chi connectivity index (χ1v) is 9.01. The topological polar surface area (TPSA) is 72.2 Å². The molecule has 110 valence electrons. The minimum atomic E-state index is -3.53. The second-order valence-electron chi connectivity index (χ2n) is 4.64. The molecule has 0 spiro atoms. The molecule has 0 amide bonds. The summed E-state index contributed by atoms with van der Waals surface area (Å²) in [7, 11) is -3.53. The minimum Gasteiger partial charge on any atom is -0.360 e. The van der Waals surface area contributed by atoms with Gasteiger partial charge < -0.3 is 4.52 Å². The van der Waals surface area contributed by atoms with Crippen LogP contribution in [0.15, 0.2) is 9.42 Å². The van der Waals surface area contributed by atoms with Gasteiger partial charge >= 0.3 is 0 Å². The van der Waals surface area contributed by atoms with Gasteiger partial charge in [-0.3, -0.25) is 0 Å². The smallest absolute Gasteiger partial charge is 0.245 e. The zero-order chi connectivity index (χ0) is 14.5. The van der Waals surface area contributed by atoms with E-state index in [-0.39, 0.29) is 4.90 Å². The molecule has 1 N–H and O–H groups in total. The summed E-state index contributed by atoms with van der Waals surface area (Å²) in [6.45, 7) is 5.79. The zero-order valence-corrected chi connectivity index (χ0v) is 14.0. The maximum atomic E-state index is 12.2. The van der Waals surface area contributed by atoms with Crippen LogP contribution in [0.1, 0.15) is 37.6 Å². The van der Waals surface area contributed by atoms with E-state index in [2.05, 4.69) is 32.7 Å². The van der Waals surface area contributed by atoms with Crippen LogP contribution in [0, 0.1) is 19.8 Å². The third-order valence-corrected chi connectivity index (χ3v) is 5.14. The number of rotatable bonds is 8. The first-order valence-electron chi connectivity index (χ1n) is 6.40. The molecule has 1 rings (SSSR count). The predicted molar refractivity (Wildman–Crippen MR) is 78.0 cm³/mol. The van der Waals surface area contributed by atoms with Crippen LogP contribution >= 0.6 is 15.9 Å². The number of alkyl halides is 1. The summed E-state index contributed by atoms with van der Waals surface area (Å²) in [6, 6.07) is 0. The van der Waals surface area contributed by atoms with Crippen LogP contribution in [-0.2, 0) is 10.0 Å². The maximum Gasteiger partial charge on any atom is 0.245 e. The van der Waals surface area contributed by atoms with Gasteiger partial charge in [-0.15, -0.1) is 0 Å². The Morgan fingerprint density at radius 2 is 2.05 bits per heavy atom. The van der Waals surface area contributed by atoms with Crippen molar-refractivity contribution in [3.8, 4) is 0 Å². The van der Waals surface area contributed by atoms with Crippen LogP contribution in [-0.4, -0.2) is 25.4 Å². The Morgan fingerprint density at radius 3 is 2.53 bits per heavy atom. The van der Waals surface area contributed by atoms with E-state index in [0.29, 0.717) is 23.9 Å². The van der Waals surface area contributed by atoms with E-state index in [1.807, 2.05) is 0 Å². The molecule has 0 aliphatic carbocycles. The van der Waals surface area contributed by atoms with Crippen molar-refractivity contribution >= 4 is 26.0 Å². The lowest BCUT2D eigenvalue weighted by molar-refractivity contribution is 0.390. The highest BCUT2D eigenvalue weighted by molar-refractivity contribution is 9.09. The van der Waals surface area contributed by atoms with E-state index in [1.165, 1.54) is 0 Å². The van der Waals surface area contributed by atoms with E-state index in [0.717, 1.165) is 24.6 Å². The molecule has 5 nitrogen and oxygen atoms in total. The van der Waals surface area contributed by atoms with Gasteiger partial charge in [0.15, 0.2) is 5.76 Å². The van der Waals surface area contributed by atoms with Gasteiger partial charge in [0.1, 0.15) is 10.6 Å². The van der Waals surface area contributed by atoms with Gasteiger partial charge in [0.2, 0.25) is 10.0 Å². The van der Waals surface area contributed by atoms with Gasteiger partial charge in [-0.25, -0.2) is 13.1 Å². The summed E-state index contributed by atoms with van der Waals surface area (Å²) in [5.41, 5.74) is 0.400. The number of aryl methyl sites for hydroxylation is 2. The van der Waals surface area contributed by atoms with Gasteiger partial charge in [0.05, 0.1) is 0 Å². The second-order valence-corrected chi connectivity index (χ2v) is 7.13. The molecule has 0 fully saturated rings. The summed E-state index contributed by atoms with van der Waals surface area (Å²) >= 11 is 3.40. The normalized spacial score (nSPS) is 13.7. The summed E-state index contributed by atoms with van der Waals surface area (Å²) in [5, 5.41) is 4.56. The molecule has 1 aromatic rings. The number of sulfonamides is 1. The molecule has 1 heterocycles. The van der Waals surface area contributed by atoms with E-state index in [9.17, 15) is 8.42 Å². The van der Waals surface area contributed by atoms with Gasteiger partial charge in [0, 0.05) is 11.9 Å². The van der Waals surface area contributed by atoms with Crippen LogP contribution in [0.3, 0.4) is 0 Å². The van der Waals surface area contributed by atoms with Crippen molar-refractivity contribution < 1.29 is 12.9 Å². The number of nitrogens with zero attached hydrogens (tertiary/aromatic N) is 1. The van der Waals surface area contributed by atoms with E-state index < -0.39 is 10.0 Å². The summed E-state index contributed by atoms with van der Waals surface area (Å²) < 4.78 is 32.0. The van der Waals surface area contributed by atoms with Crippen LogP contribution in [0.25, 0.3) is 0 Å².